The van der Waals surface area contributed by atoms with Crippen molar-refractivity contribution in [2.75, 3.05) is 13.1 Å². The number of piperidine rings is 1. The van der Waals surface area contributed by atoms with Gasteiger partial charge in [-0.25, -0.2) is 0 Å². The topological polar surface area (TPSA) is 75.4 Å². The first-order valence-corrected chi connectivity index (χ1v) is 10.5. The van der Waals surface area contributed by atoms with Crippen molar-refractivity contribution in [2.45, 2.75) is 32.7 Å². The second-order valence-electron chi connectivity index (χ2n) is 8.55. The fraction of sp³-hybridized carbons (Fsp3) is 0.375. The molecule has 1 aliphatic heterocycles. The van der Waals surface area contributed by atoms with Gasteiger partial charge in [0.15, 0.2) is 5.76 Å². The van der Waals surface area contributed by atoms with E-state index >= 15 is 0 Å². The number of nitrogens with zero attached hydrogens (tertiary/aromatic N) is 2. The van der Waals surface area contributed by atoms with Gasteiger partial charge in [0, 0.05) is 30.1 Å². The molecule has 1 unspecified atom stereocenters. The molecule has 1 saturated carbocycles. The van der Waals surface area contributed by atoms with Crippen LogP contribution in [-0.4, -0.2) is 34.8 Å². The highest BCUT2D eigenvalue weighted by atomic mass is 16.3. The summed E-state index contributed by atoms with van der Waals surface area (Å²) in [4.78, 5) is 31.8. The highest BCUT2D eigenvalue weighted by Gasteiger charge is 2.58. The molecule has 1 N–H and O–H groups in total. The van der Waals surface area contributed by atoms with Gasteiger partial charge in [0.2, 0.25) is 5.91 Å². The van der Waals surface area contributed by atoms with E-state index in [1.807, 2.05) is 60.4 Å². The third-order valence-electron chi connectivity index (χ3n) is 6.58. The van der Waals surface area contributed by atoms with Gasteiger partial charge >= 0.3 is 0 Å². The van der Waals surface area contributed by atoms with Gasteiger partial charge in [-0.2, -0.15) is 0 Å². The predicted octanol–water partition coefficient (Wildman–Crippen LogP) is 3.69. The first-order chi connectivity index (χ1) is 14.5. The molecule has 1 atom stereocenters. The van der Waals surface area contributed by atoms with Crippen molar-refractivity contribution in [3.8, 4) is 0 Å². The minimum atomic E-state index is -0.0618. The molecular weight excluding hydrogens is 378 g/mol. The monoisotopic (exact) mass is 403 g/mol. The number of likely N-dealkylation sites (tertiary alicyclic amines) is 1. The van der Waals surface area contributed by atoms with Crippen LogP contribution < -0.4 is 5.32 Å². The summed E-state index contributed by atoms with van der Waals surface area (Å²) < 4.78 is 5.73. The van der Waals surface area contributed by atoms with E-state index < -0.39 is 0 Å². The van der Waals surface area contributed by atoms with E-state index in [9.17, 15) is 9.59 Å². The van der Waals surface area contributed by atoms with Gasteiger partial charge in [0.1, 0.15) is 5.58 Å². The predicted molar refractivity (Wildman–Crippen MR) is 113 cm³/mol. The van der Waals surface area contributed by atoms with Gasteiger partial charge in [0.25, 0.3) is 5.91 Å². The number of aryl methyl sites for hydroxylation is 1. The standard InChI is InChI=1S/C24H25N3O3/c1-16-5-4-7-18(26-16)15-25-22(28)19-14-24(19)9-11-27(12-10-24)23(29)21-13-17-6-2-3-8-20(17)30-21/h2-8,13,19H,9-12,14-15H2,1H3,(H,25,28). The number of rotatable bonds is 4. The second kappa shape index (κ2) is 7.27. The molecule has 2 aromatic heterocycles. The minimum absolute atomic E-state index is 0.0470. The lowest BCUT2D eigenvalue weighted by molar-refractivity contribution is -0.123. The largest absolute Gasteiger partial charge is 0.451 e. The van der Waals surface area contributed by atoms with Gasteiger partial charge in [-0.05, 0) is 55.9 Å². The lowest BCUT2D eigenvalue weighted by atomic mass is 9.90. The number of furan rings is 1. The van der Waals surface area contributed by atoms with E-state index in [-0.39, 0.29) is 23.1 Å². The van der Waals surface area contributed by atoms with Crippen LogP contribution in [0.1, 0.15) is 41.2 Å². The lowest BCUT2D eigenvalue weighted by Crippen LogP contribution is -2.40. The number of pyridine rings is 1. The Morgan fingerprint density at radius 1 is 1.17 bits per heavy atom. The van der Waals surface area contributed by atoms with Crippen LogP contribution >= 0.6 is 0 Å². The van der Waals surface area contributed by atoms with Crippen LogP contribution in [0.15, 0.2) is 52.9 Å². The van der Waals surface area contributed by atoms with Crippen molar-refractivity contribution in [3.63, 3.8) is 0 Å². The SMILES string of the molecule is Cc1cccc(CNC(=O)C2CC23CCN(C(=O)c2cc4ccccc4o2)CC3)n1. The molecule has 3 aromatic rings. The number of amides is 2. The molecule has 1 aromatic carbocycles. The van der Waals surface area contributed by atoms with Gasteiger partial charge < -0.3 is 14.6 Å². The Kier molecular flexibility index (Phi) is 4.57. The molecule has 1 spiro atoms. The van der Waals surface area contributed by atoms with Gasteiger partial charge in [0.05, 0.1) is 12.2 Å². The fourth-order valence-corrected chi connectivity index (χ4v) is 4.67. The zero-order chi connectivity index (χ0) is 20.7. The van der Waals surface area contributed by atoms with Gasteiger partial charge in [-0.1, -0.05) is 24.3 Å². The molecule has 2 amide bonds. The average molecular weight is 403 g/mol. The quantitative estimate of drug-likeness (QED) is 0.721. The van der Waals surface area contributed by atoms with Crippen LogP contribution in [0, 0.1) is 18.3 Å². The van der Waals surface area contributed by atoms with E-state index in [0.717, 1.165) is 41.6 Å². The summed E-state index contributed by atoms with van der Waals surface area (Å²) in [5, 5.41) is 3.98. The van der Waals surface area contributed by atoms with Crippen LogP contribution in [0.25, 0.3) is 11.0 Å². The summed E-state index contributed by atoms with van der Waals surface area (Å²) in [6, 6.07) is 15.3. The zero-order valence-corrected chi connectivity index (χ0v) is 17.1. The fourth-order valence-electron chi connectivity index (χ4n) is 4.67. The third-order valence-corrected chi connectivity index (χ3v) is 6.58. The first-order valence-electron chi connectivity index (χ1n) is 10.5. The van der Waals surface area contributed by atoms with Gasteiger partial charge in [-0.3, -0.25) is 14.6 Å². The molecule has 3 heterocycles. The summed E-state index contributed by atoms with van der Waals surface area (Å²) in [5.74, 6) is 0.484. The van der Waals surface area contributed by atoms with Crippen molar-refractivity contribution in [1.29, 1.82) is 0 Å². The van der Waals surface area contributed by atoms with E-state index in [4.69, 9.17) is 4.42 Å². The number of hydrogen-bond donors (Lipinski definition) is 1. The summed E-state index contributed by atoms with van der Waals surface area (Å²) in [6.45, 7) is 3.74. The molecular formula is C24H25N3O3. The Bertz CT molecular complexity index is 1080. The van der Waals surface area contributed by atoms with Crippen LogP contribution in [0.5, 0.6) is 0 Å². The Morgan fingerprint density at radius 3 is 2.73 bits per heavy atom. The van der Waals surface area contributed by atoms with Crippen LogP contribution in [0.3, 0.4) is 0 Å². The van der Waals surface area contributed by atoms with E-state index in [2.05, 4.69) is 10.3 Å². The van der Waals surface area contributed by atoms with E-state index in [1.165, 1.54) is 0 Å². The molecule has 6 nitrogen and oxygen atoms in total. The number of carbonyl (C=O) groups is 2. The molecule has 5 rings (SSSR count). The second-order valence-corrected chi connectivity index (χ2v) is 8.55. The molecule has 2 aliphatic rings. The van der Waals surface area contributed by atoms with Crippen molar-refractivity contribution < 1.29 is 14.0 Å². The summed E-state index contributed by atoms with van der Waals surface area (Å²) >= 11 is 0. The highest BCUT2D eigenvalue weighted by molar-refractivity contribution is 5.96. The molecule has 0 radical (unpaired) electrons. The first kappa shape index (κ1) is 18.9. The summed E-state index contributed by atoms with van der Waals surface area (Å²) in [7, 11) is 0. The maximum Gasteiger partial charge on any atom is 0.289 e. The number of carbonyl (C=O) groups excluding carboxylic acids is 2. The molecule has 30 heavy (non-hydrogen) atoms. The summed E-state index contributed by atoms with van der Waals surface area (Å²) in [5.41, 5.74) is 2.61. The number of nitrogens with one attached hydrogen (secondary N) is 1. The molecule has 1 saturated heterocycles. The normalized spacial score (nSPS) is 19.8. The number of para-hydroxylation sites is 1. The summed E-state index contributed by atoms with van der Waals surface area (Å²) in [6.07, 6.45) is 2.63. The maximum atomic E-state index is 12.8. The lowest BCUT2D eigenvalue weighted by Gasteiger charge is -2.32. The van der Waals surface area contributed by atoms with E-state index in [1.54, 1.807) is 0 Å². The maximum absolute atomic E-state index is 12.8. The van der Waals surface area contributed by atoms with Crippen LogP contribution in [0.4, 0.5) is 0 Å². The Hall–Kier alpha value is -3.15. The van der Waals surface area contributed by atoms with Crippen LogP contribution in [-0.2, 0) is 11.3 Å². The minimum Gasteiger partial charge on any atom is -0.451 e. The van der Waals surface area contributed by atoms with Crippen molar-refractivity contribution in [1.82, 2.24) is 15.2 Å². The zero-order valence-electron chi connectivity index (χ0n) is 17.1. The molecule has 154 valence electrons. The Balaban J connectivity index is 1.16. The van der Waals surface area contributed by atoms with E-state index in [0.29, 0.717) is 25.4 Å². The van der Waals surface area contributed by atoms with Crippen molar-refractivity contribution >= 4 is 22.8 Å². The highest BCUT2D eigenvalue weighted by Crippen LogP contribution is 2.59. The van der Waals surface area contributed by atoms with Crippen molar-refractivity contribution in [2.24, 2.45) is 11.3 Å². The number of benzene rings is 1. The number of hydrogen-bond acceptors (Lipinski definition) is 4. The smallest absolute Gasteiger partial charge is 0.289 e. The van der Waals surface area contributed by atoms with Crippen LogP contribution in [0.2, 0.25) is 0 Å². The molecule has 6 heteroatoms. The number of fused-ring (bicyclic) bond motifs is 1. The third kappa shape index (κ3) is 3.47. The molecule has 1 aliphatic carbocycles. The molecule has 0 bridgehead atoms. The average Bonchev–Trinajstić information content (AvgIpc) is 3.27. The Labute approximate surface area is 175 Å². The van der Waals surface area contributed by atoms with Gasteiger partial charge in [-0.15, -0.1) is 0 Å². The molecule has 2 fully saturated rings. The van der Waals surface area contributed by atoms with Crippen molar-refractivity contribution in [3.05, 3.63) is 65.7 Å². The Morgan fingerprint density at radius 2 is 1.97 bits per heavy atom. The number of aromatic nitrogens is 1.